The summed E-state index contributed by atoms with van der Waals surface area (Å²) in [5.74, 6) is 0.491. The highest BCUT2D eigenvalue weighted by atomic mass is 32.2. The molecule has 9 nitrogen and oxygen atoms in total. The Kier molecular flexibility index (Phi) is 8.16. The van der Waals surface area contributed by atoms with Crippen molar-refractivity contribution in [3.63, 3.8) is 0 Å². The maximum Gasteiger partial charge on any atom is 0.271 e. The average Bonchev–Trinajstić information content (AvgIpc) is 2.69. The van der Waals surface area contributed by atoms with E-state index in [0.717, 1.165) is 21.9 Å². The van der Waals surface area contributed by atoms with Crippen molar-refractivity contribution in [2.45, 2.75) is 19.8 Å². The van der Waals surface area contributed by atoms with Gasteiger partial charge in [0, 0.05) is 25.1 Å². The van der Waals surface area contributed by atoms with Gasteiger partial charge in [-0.05, 0) is 31.5 Å². The summed E-state index contributed by atoms with van der Waals surface area (Å²) in [4.78, 5) is 22.3. The molecule has 1 N–H and O–H groups in total. The van der Waals surface area contributed by atoms with Gasteiger partial charge in [-0.15, -0.1) is 0 Å². The van der Waals surface area contributed by atoms with Crippen LogP contribution in [-0.4, -0.2) is 45.2 Å². The van der Waals surface area contributed by atoms with E-state index < -0.39 is 14.9 Å². The van der Waals surface area contributed by atoms with E-state index in [4.69, 9.17) is 4.74 Å². The highest BCUT2D eigenvalue weighted by Gasteiger charge is 2.19. The molecule has 0 fully saturated rings. The number of nitro groups is 1. The summed E-state index contributed by atoms with van der Waals surface area (Å²) in [6.45, 7) is 2.66. The highest BCUT2D eigenvalue weighted by Crippen LogP contribution is 2.23. The molecule has 0 bridgehead atoms. The number of non-ortho nitro benzene ring substituents is 1. The Morgan fingerprint density at radius 1 is 1.20 bits per heavy atom. The van der Waals surface area contributed by atoms with Crippen molar-refractivity contribution in [1.82, 2.24) is 5.32 Å². The van der Waals surface area contributed by atoms with E-state index in [1.54, 1.807) is 0 Å². The largest absolute Gasteiger partial charge is 0.492 e. The van der Waals surface area contributed by atoms with Gasteiger partial charge >= 0.3 is 0 Å². The van der Waals surface area contributed by atoms with Crippen LogP contribution in [0.5, 0.6) is 5.75 Å². The lowest BCUT2D eigenvalue weighted by Gasteiger charge is -2.22. The summed E-state index contributed by atoms with van der Waals surface area (Å²) in [6, 6.07) is 13.0. The van der Waals surface area contributed by atoms with E-state index in [-0.39, 0.29) is 36.7 Å². The fraction of sp³-hybridized carbons (Fsp3) is 0.350. The van der Waals surface area contributed by atoms with E-state index in [9.17, 15) is 23.3 Å². The Balaban J connectivity index is 1.80. The summed E-state index contributed by atoms with van der Waals surface area (Å²) in [5.41, 5.74) is 1.12. The molecule has 0 aliphatic heterocycles. The van der Waals surface area contributed by atoms with Crippen LogP contribution >= 0.6 is 0 Å². The lowest BCUT2D eigenvalue weighted by atomic mass is 10.2. The van der Waals surface area contributed by atoms with Gasteiger partial charge in [0.2, 0.25) is 15.9 Å². The summed E-state index contributed by atoms with van der Waals surface area (Å²) in [5, 5.41) is 13.7. The van der Waals surface area contributed by atoms with Gasteiger partial charge in [0.1, 0.15) is 12.4 Å². The Bertz CT molecular complexity index is 976. The number of aryl methyl sites for hydroxylation is 1. The fourth-order valence-electron chi connectivity index (χ4n) is 2.71. The first-order chi connectivity index (χ1) is 14.2. The van der Waals surface area contributed by atoms with Crippen molar-refractivity contribution in [3.05, 3.63) is 64.2 Å². The zero-order chi connectivity index (χ0) is 22.1. The van der Waals surface area contributed by atoms with Crippen LogP contribution in [0.2, 0.25) is 0 Å². The number of carbonyl (C=O) groups excluding carboxylic acids is 1. The first-order valence-electron chi connectivity index (χ1n) is 9.35. The number of nitrogens with zero attached hydrogens (tertiary/aromatic N) is 2. The van der Waals surface area contributed by atoms with Crippen molar-refractivity contribution in [1.29, 1.82) is 0 Å². The molecular formula is C20H25N3O6S. The molecule has 10 heteroatoms. The predicted octanol–water partition coefficient (Wildman–Crippen LogP) is 2.64. The van der Waals surface area contributed by atoms with E-state index in [1.807, 2.05) is 31.2 Å². The number of nitrogens with one attached hydrogen (secondary N) is 1. The maximum atomic E-state index is 12.1. The number of hydrogen-bond acceptors (Lipinski definition) is 6. The number of hydrogen-bond donors (Lipinski definition) is 1. The number of sulfonamides is 1. The molecule has 0 aliphatic rings. The van der Waals surface area contributed by atoms with Crippen molar-refractivity contribution < 1.29 is 22.9 Å². The van der Waals surface area contributed by atoms with Crippen LogP contribution in [0, 0.1) is 17.0 Å². The molecule has 162 valence electrons. The molecule has 2 aromatic rings. The third kappa shape index (κ3) is 7.36. The molecule has 1 amide bonds. The summed E-state index contributed by atoms with van der Waals surface area (Å²) in [6.07, 6.45) is 1.40. The molecule has 0 unspecified atom stereocenters. The molecule has 2 rings (SSSR count). The fourth-order valence-corrected chi connectivity index (χ4v) is 3.67. The van der Waals surface area contributed by atoms with Crippen molar-refractivity contribution in [2.24, 2.45) is 0 Å². The van der Waals surface area contributed by atoms with Gasteiger partial charge in [-0.1, -0.05) is 23.8 Å². The van der Waals surface area contributed by atoms with Crippen LogP contribution in [-0.2, 0) is 14.8 Å². The van der Waals surface area contributed by atoms with Crippen LogP contribution in [0.4, 0.5) is 11.4 Å². The van der Waals surface area contributed by atoms with Gasteiger partial charge in [-0.2, -0.15) is 0 Å². The average molecular weight is 436 g/mol. The van der Waals surface area contributed by atoms with Gasteiger partial charge in [0.15, 0.2) is 0 Å². The molecule has 0 heterocycles. The maximum absolute atomic E-state index is 12.1. The Morgan fingerprint density at radius 3 is 2.53 bits per heavy atom. The minimum absolute atomic E-state index is 0.0350. The monoisotopic (exact) mass is 435 g/mol. The quantitative estimate of drug-likeness (QED) is 0.329. The van der Waals surface area contributed by atoms with Crippen LogP contribution in [0.15, 0.2) is 48.5 Å². The molecule has 2 aromatic carbocycles. The molecule has 30 heavy (non-hydrogen) atoms. The molecule has 0 aromatic heterocycles. The Morgan fingerprint density at radius 2 is 1.90 bits per heavy atom. The summed E-state index contributed by atoms with van der Waals surface area (Å²) >= 11 is 0. The second-order valence-corrected chi connectivity index (χ2v) is 8.63. The second-order valence-electron chi connectivity index (χ2n) is 6.73. The van der Waals surface area contributed by atoms with Gasteiger partial charge in [-0.3, -0.25) is 19.2 Å². The number of amides is 1. The second kappa shape index (κ2) is 10.6. The first kappa shape index (κ1) is 23.1. The third-order valence-corrected chi connectivity index (χ3v) is 5.40. The number of nitro benzene ring substituents is 1. The topological polar surface area (TPSA) is 119 Å². The highest BCUT2D eigenvalue weighted by molar-refractivity contribution is 7.92. The molecule has 0 saturated carbocycles. The zero-order valence-electron chi connectivity index (χ0n) is 16.9. The summed E-state index contributed by atoms with van der Waals surface area (Å²) < 4.78 is 30.8. The van der Waals surface area contributed by atoms with E-state index >= 15 is 0 Å². The zero-order valence-corrected chi connectivity index (χ0v) is 17.7. The van der Waals surface area contributed by atoms with E-state index in [2.05, 4.69) is 5.32 Å². The van der Waals surface area contributed by atoms with Crippen LogP contribution in [0.25, 0.3) is 0 Å². The molecule has 0 spiro atoms. The smallest absolute Gasteiger partial charge is 0.271 e. The van der Waals surface area contributed by atoms with Gasteiger partial charge < -0.3 is 10.1 Å². The van der Waals surface area contributed by atoms with E-state index in [0.29, 0.717) is 13.2 Å². The van der Waals surface area contributed by atoms with Crippen LogP contribution < -0.4 is 14.4 Å². The summed E-state index contributed by atoms with van der Waals surface area (Å²) in [7, 11) is -3.65. The molecule has 0 aliphatic carbocycles. The number of ether oxygens (including phenoxy) is 1. The van der Waals surface area contributed by atoms with Crippen molar-refractivity contribution >= 4 is 27.3 Å². The first-order valence-corrected chi connectivity index (χ1v) is 11.2. The van der Waals surface area contributed by atoms with Gasteiger partial charge in [-0.25, -0.2) is 8.42 Å². The number of carbonyl (C=O) groups is 1. The van der Waals surface area contributed by atoms with Crippen LogP contribution in [0.1, 0.15) is 18.4 Å². The molecular weight excluding hydrogens is 410 g/mol. The third-order valence-electron chi connectivity index (χ3n) is 4.21. The van der Waals surface area contributed by atoms with Gasteiger partial charge in [0.25, 0.3) is 5.69 Å². The van der Waals surface area contributed by atoms with E-state index in [1.165, 1.54) is 24.3 Å². The molecule has 0 radical (unpaired) electrons. The van der Waals surface area contributed by atoms with Crippen molar-refractivity contribution in [3.8, 4) is 5.75 Å². The van der Waals surface area contributed by atoms with Crippen molar-refractivity contribution in [2.75, 3.05) is 30.3 Å². The minimum Gasteiger partial charge on any atom is -0.492 e. The SMILES string of the molecule is Cc1ccc(OCCNC(=O)CCCN(c2cccc([N+](=O)[O-])c2)S(C)(=O)=O)cc1. The normalized spacial score (nSPS) is 11.0. The molecule has 0 saturated heterocycles. The van der Waals surface area contributed by atoms with Crippen LogP contribution in [0.3, 0.4) is 0 Å². The lowest BCUT2D eigenvalue weighted by molar-refractivity contribution is -0.384. The van der Waals surface area contributed by atoms with Gasteiger partial charge in [0.05, 0.1) is 23.4 Å². The predicted molar refractivity (Wildman–Crippen MR) is 114 cm³/mol. The number of benzene rings is 2. The lowest BCUT2D eigenvalue weighted by Crippen LogP contribution is -2.33. The standard InChI is InChI=1S/C20H25N3O6S/c1-16-8-10-19(11-9-16)29-14-12-21-20(24)7-4-13-22(30(2,27)28)17-5-3-6-18(15-17)23(25)26/h3,5-6,8-11,15H,4,7,12-14H2,1-2H3,(H,21,24). The minimum atomic E-state index is -3.65. The Hall–Kier alpha value is -3.14. The molecule has 0 atom stereocenters. The Labute approximate surface area is 175 Å². The number of anilines is 1. The number of rotatable bonds is 11.